The second-order valence-electron chi connectivity index (χ2n) is 5.24. The van der Waals surface area contributed by atoms with Crippen molar-refractivity contribution in [2.24, 2.45) is 11.8 Å². The first-order valence-electron chi connectivity index (χ1n) is 7.04. The van der Waals surface area contributed by atoms with Gasteiger partial charge in [-0.25, -0.2) is 4.98 Å². The van der Waals surface area contributed by atoms with Crippen LogP contribution in [-0.2, 0) is 9.53 Å². The summed E-state index contributed by atoms with van der Waals surface area (Å²) in [6.07, 6.45) is 1.51. The van der Waals surface area contributed by atoms with Crippen molar-refractivity contribution < 1.29 is 14.6 Å². The van der Waals surface area contributed by atoms with Gasteiger partial charge in [0, 0.05) is 25.5 Å². The topological polar surface area (TPSA) is 95.2 Å². The molecule has 0 radical (unpaired) electrons. The summed E-state index contributed by atoms with van der Waals surface area (Å²) in [5, 5.41) is 21.5. The molecule has 1 aliphatic rings. The molecule has 2 N–H and O–H groups in total. The predicted molar refractivity (Wildman–Crippen MR) is 76.8 cm³/mol. The number of anilines is 1. The van der Waals surface area contributed by atoms with Crippen LogP contribution in [0.25, 0.3) is 0 Å². The van der Waals surface area contributed by atoms with Crippen molar-refractivity contribution in [3.63, 3.8) is 0 Å². The fourth-order valence-corrected chi connectivity index (χ4v) is 2.56. The number of hydrogen-bond donors (Lipinski definition) is 2. The van der Waals surface area contributed by atoms with E-state index >= 15 is 0 Å². The van der Waals surface area contributed by atoms with E-state index in [9.17, 15) is 9.90 Å². The van der Waals surface area contributed by atoms with Crippen molar-refractivity contribution in [1.29, 1.82) is 5.26 Å². The maximum Gasteiger partial charge on any atom is 0.308 e. The van der Waals surface area contributed by atoms with Crippen LogP contribution in [-0.4, -0.2) is 35.8 Å². The minimum atomic E-state index is -0.819. The minimum Gasteiger partial charge on any atom is -0.481 e. The van der Waals surface area contributed by atoms with E-state index in [-0.39, 0.29) is 12.5 Å². The van der Waals surface area contributed by atoms with Gasteiger partial charge in [-0.15, -0.1) is 0 Å². The first kappa shape index (κ1) is 15.3. The van der Waals surface area contributed by atoms with Crippen LogP contribution in [0.2, 0.25) is 0 Å². The van der Waals surface area contributed by atoms with Crippen LogP contribution in [0.4, 0.5) is 5.82 Å². The quantitative estimate of drug-likeness (QED) is 0.858. The fraction of sp³-hybridized carbons (Fsp3) is 0.533. The van der Waals surface area contributed by atoms with E-state index in [2.05, 4.69) is 16.4 Å². The Hall–Kier alpha value is -2.13. The van der Waals surface area contributed by atoms with Gasteiger partial charge in [-0.05, 0) is 37.8 Å². The Morgan fingerprint density at radius 3 is 2.90 bits per heavy atom. The van der Waals surface area contributed by atoms with Gasteiger partial charge in [0.1, 0.15) is 11.9 Å². The lowest BCUT2D eigenvalue weighted by atomic mass is 9.86. The third-order valence-corrected chi connectivity index (χ3v) is 3.80. The normalized spacial score (nSPS) is 17.0. The Morgan fingerprint density at radius 2 is 2.29 bits per heavy atom. The zero-order valence-electron chi connectivity index (χ0n) is 12.0. The number of aliphatic carboxylic acids is 1. The number of nitrogens with zero attached hydrogens (tertiary/aromatic N) is 2. The Bertz CT molecular complexity index is 548. The van der Waals surface area contributed by atoms with Crippen LogP contribution in [0.1, 0.15) is 24.1 Å². The minimum absolute atomic E-state index is 0.0964. The number of carboxylic acids is 1. The lowest BCUT2D eigenvalue weighted by molar-refractivity contribution is -0.144. The van der Waals surface area contributed by atoms with Crippen molar-refractivity contribution in [1.82, 2.24) is 4.98 Å². The highest BCUT2D eigenvalue weighted by atomic mass is 16.5. The molecular formula is C15H19N3O3. The number of nitrogens with one attached hydrogen (secondary N) is 1. The number of hydrogen-bond acceptors (Lipinski definition) is 5. The number of nitriles is 1. The Labute approximate surface area is 123 Å². The van der Waals surface area contributed by atoms with Crippen molar-refractivity contribution in [2.45, 2.75) is 19.8 Å². The monoisotopic (exact) mass is 289 g/mol. The van der Waals surface area contributed by atoms with E-state index in [4.69, 9.17) is 10.00 Å². The molecule has 6 heteroatoms. The molecule has 21 heavy (non-hydrogen) atoms. The largest absolute Gasteiger partial charge is 0.481 e. The molecule has 1 atom stereocenters. The van der Waals surface area contributed by atoms with Crippen LogP contribution in [0, 0.1) is 30.1 Å². The fourth-order valence-electron chi connectivity index (χ4n) is 2.56. The van der Waals surface area contributed by atoms with E-state index in [0.29, 0.717) is 24.6 Å². The Morgan fingerprint density at radius 1 is 1.57 bits per heavy atom. The molecule has 0 amide bonds. The summed E-state index contributed by atoms with van der Waals surface area (Å²) in [7, 11) is 0. The van der Waals surface area contributed by atoms with Gasteiger partial charge in [-0.2, -0.15) is 5.26 Å². The zero-order chi connectivity index (χ0) is 15.2. The molecule has 1 aromatic heterocycles. The van der Waals surface area contributed by atoms with Crippen LogP contribution >= 0.6 is 0 Å². The molecule has 1 unspecified atom stereocenters. The second kappa shape index (κ2) is 7.04. The number of carboxylic acid groups (broad SMARTS) is 1. The average Bonchev–Trinajstić information content (AvgIpc) is 2.48. The lowest BCUT2D eigenvalue weighted by Gasteiger charge is -2.27. The van der Waals surface area contributed by atoms with Gasteiger partial charge in [-0.3, -0.25) is 4.79 Å². The van der Waals surface area contributed by atoms with Gasteiger partial charge < -0.3 is 15.2 Å². The highest BCUT2D eigenvalue weighted by Crippen LogP contribution is 2.25. The van der Waals surface area contributed by atoms with E-state index in [0.717, 1.165) is 18.5 Å². The number of carbonyl (C=O) groups is 1. The summed E-state index contributed by atoms with van der Waals surface area (Å²) < 4.78 is 5.28. The van der Waals surface area contributed by atoms with Crippen LogP contribution in [0.3, 0.4) is 0 Å². The summed E-state index contributed by atoms with van der Waals surface area (Å²) in [6, 6.07) is 5.51. The molecule has 1 fully saturated rings. The van der Waals surface area contributed by atoms with Crippen LogP contribution in [0.15, 0.2) is 12.1 Å². The number of rotatable bonds is 5. The smallest absolute Gasteiger partial charge is 0.308 e. The standard InChI is InChI=1S/C15H19N3O3/c1-10-2-3-12(8-16)14(18-10)17-9-13(15(19)20)11-4-6-21-7-5-11/h2-3,11,13H,4-7,9H2,1H3,(H,17,18)(H,19,20). The summed E-state index contributed by atoms with van der Waals surface area (Å²) >= 11 is 0. The molecule has 1 aliphatic heterocycles. The van der Waals surface area contributed by atoms with Crippen molar-refractivity contribution in [2.75, 3.05) is 25.1 Å². The Balaban J connectivity index is 2.07. The molecule has 2 heterocycles. The molecule has 1 saturated heterocycles. The third-order valence-electron chi connectivity index (χ3n) is 3.80. The highest BCUT2D eigenvalue weighted by molar-refractivity contribution is 5.71. The first-order chi connectivity index (χ1) is 10.1. The maximum atomic E-state index is 11.5. The summed E-state index contributed by atoms with van der Waals surface area (Å²) in [6.45, 7) is 3.33. The lowest BCUT2D eigenvalue weighted by Crippen LogP contribution is -2.34. The van der Waals surface area contributed by atoms with Crippen molar-refractivity contribution >= 4 is 11.8 Å². The van der Waals surface area contributed by atoms with Gasteiger partial charge >= 0.3 is 5.97 Å². The molecule has 1 aromatic rings. The Kier molecular flexibility index (Phi) is 5.12. The summed E-state index contributed by atoms with van der Waals surface area (Å²) in [4.78, 5) is 15.7. The number of aryl methyl sites for hydroxylation is 1. The second-order valence-corrected chi connectivity index (χ2v) is 5.24. The van der Waals surface area contributed by atoms with E-state index in [1.807, 2.05) is 6.92 Å². The third kappa shape index (κ3) is 3.92. The molecule has 0 bridgehead atoms. The maximum absolute atomic E-state index is 11.5. The first-order valence-corrected chi connectivity index (χ1v) is 7.04. The number of aromatic nitrogens is 1. The molecule has 0 saturated carbocycles. The van der Waals surface area contributed by atoms with Crippen molar-refractivity contribution in [3.8, 4) is 6.07 Å². The van der Waals surface area contributed by atoms with Crippen LogP contribution in [0.5, 0.6) is 0 Å². The highest BCUT2D eigenvalue weighted by Gasteiger charge is 2.29. The SMILES string of the molecule is Cc1ccc(C#N)c(NCC(C(=O)O)C2CCOCC2)n1. The van der Waals surface area contributed by atoms with Crippen LogP contribution < -0.4 is 5.32 Å². The number of ether oxygens (including phenoxy) is 1. The zero-order valence-corrected chi connectivity index (χ0v) is 12.0. The summed E-state index contributed by atoms with van der Waals surface area (Å²) in [5.74, 6) is -0.766. The molecule has 6 nitrogen and oxygen atoms in total. The molecular weight excluding hydrogens is 270 g/mol. The molecule has 0 aromatic carbocycles. The molecule has 2 rings (SSSR count). The van der Waals surface area contributed by atoms with E-state index < -0.39 is 11.9 Å². The van der Waals surface area contributed by atoms with E-state index in [1.165, 1.54) is 0 Å². The molecule has 112 valence electrons. The van der Waals surface area contributed by atoms with Gasteiger partial charge in [0.2, 0.25) is 0 Å². The van der Waals surface area contributed by atoms with Gasteiger partial charge in [0.25, 0.3) is 0 Å². The van der Waals surface area contributed by atoms with Gasteiger partial charge in [0.15, 0.2) is 0 Å². The predicted octanol–water partition coefficient (Wildman–Crippen LogP) is 1.80. The molecule has 0 aliphatic carbocycles. The van der Waals surface area contributed by atoms with E-state index in [1.54, 1.807) is 12.1 Å². The van der Waals surface area contributed by atoms with Gasteiger partial charge in [0.05, 0.1) is 11.5 Å². The average molecular weight is 289 g/mol. The van der Waals surface area contributed by atoms with Crippen molar-refractivity contribution in [3.05, 3.63) is 23.4 Å². The molecule has 0 spiro atoms. The van der Waals surface area contributed by atoms with Gasteiger partial charge in [-0.1, -0.05) is 0 Å². The summed E-state index contributed by atoms with van der Waals surface area (Å²) in [5.41, 5.74) is 1.21. The number of pyridine rings is 1.